The van der Waals surface area contributed by atoms with E-state index in [9.17, 15) is 4.79 Å². The summed E-state index contributed by atoms with van der Waals surface area (Å²) in [5.74, 6) is 0.998. The molecule has 0 bridgehead atoms. The van der Waals surface area contributed by atoms with E-state index < -0.39 is 6.16 Å². The molecule has 23 heavy (non-hydrogen) atoms. The van der Waals surface area contributed by atoms with Gasteiger partial charge in [0, 0.05) is 9.13 Å². The highest BCUT2D eigenvalue weighted by Gasteiger charge is 2.13. The first-order chi connectivity index (χ1) is 11.0. The van der Waals surface area contributed by atoms with Crippen LogP contribution in [0.4, 0.5) is 4.79 Å². The highest BCUT2D eigenvalue weighted by Crippen LogP contribution is 2.30. The molecule has 0 aromatic heterocycles. The second kappa shape index (κ2) is 8.40. The van der Waals surface area contributed by atoms with Crippen LogP contribution in [0.25, 0.3) is 0 Å². The average Bonchev–Trinajstić information content (AvgIpc) is 2.55. The summed E-state index contributed by atoms with van der Waals surface area (Å²) < 4.78 is 16.4. The highest BCUT2D eigenvalue weighted by atomic mass is 127. The van der Waals surface area contributed by atoms with Crippen molar-refractivity contribution >= 4 is 40.3 Å². The molecule has 4 nitrogen and oxygen atoms in total. The Bertz CT molecular complexity index is 703. The number of aryl methyl sites for hydroxylation is 1. The van der Waals surface area contributed by atoms with Crippen molar-refractivity contribution < 1.29 is 19.0 Å². The lowest BCUT2D eigenvalue weighted by Gasteiger charge is -2.13. The molecule has 6 heteroatoms. The first-order valence-corrected chi connectivity index (χ1v) is 8.45. The van der Waals surface area contributed by atoms with Crippen LogP contribution in [0.1, 0.15) is 18.1 Å². The van der Waals surface area contributed by atoms with Crippen LogP contribution in [-0.2, 0) is 17.8 Å². The van der Waals surface area contributed by atoms with Gasteiger partial charge in [-0.1, -0.05) is 30.7 Å². The van der Waals surface area contributed by atoms with Gasteiger partial charge in [0.2, 0.25) is 0 Å². The second-order valence-corrected chi connectivity index (χ2v) is 6.25. The molecular formula is C17H16ClIO4. The maximum atomic E-state index is 11.3. The minimum absolute atomic E-state index is 0.233. The molecule has 0 amide bonds. The molecule has 2 rings (SSSR count). The van der Waals surface area contributed by atoms with Gasteiger partial charge < -0.3 is 14.2 Å². The molecule has 2 aromatic carbocycles. The quantitative estimate of drug-likeness (QED) is 0.358. The summed E-state index contributed by atoms with van der Waals surface area (Å²) >= 11 is 8.39. The van der Waals surface area contributed by atoms with Crippen molar-refractivity contribution in [2.45, 2.75) is 20.0 Å². The van der Waals surface area contributed by atoms with Crippen molar-refractivity contribution in [2.75, 3.05) is 7.11 Å². The van der Waals surface area contributed by atoms with E-state index in [1.54, 1.807) is 12.1 Å². The zero-order chi connectivity index (χ0) is 16.8. The number of carbonyl (C=O) groups is 1. The third-order valence-corrected chi connectivity index (χ3v) is 4.52. The van der Waals surface area contributed by atoms with Crippen LogP contribution in [0.2, 0.25) is 5.02 Å². The van der Waals surface area contributed by atoms with Crippen LogP contribution in [0, 0.1) is 3.57 Å². The van der Waals surface area contributed by atoms with Crippen molar-refractivity contribution in [3.63, 3.8) is 0 Å². The molecule has 0 atom stereocenters. The molecule has 0 N–H and O–H groups in total. The lowest BCUT2D eigenvalue weighted by Crippen LogP contribution is -2.10. The zero-order valence-corrected chi connectivity index (χ0v) is 15.7. The Kier molecular flexibility index (Phi) is 6.53. The Balaban J connectivity index is 2.18. The number of carbonyl (C=O) groups excluding carboxylic acids is 1. The summed E-state index contributed by atoms with van der Waals surface area (Å²) in [6.07, 6.45) is 0.145. The van der Waals surface area contributed by atoms with E-state index in [2.05, 4.69) is 34.3 Å². The zero-order valence-electron chi connectivity index (χ0n) is 12.8. The van der Waals surface area contributed by atoms with Gasteiger partial charge in [-0.2, -0.15) is 0 Å². The van der Waals surface area contributed by atoms with Crippen LogP contribution < -0.4 is 9.47 Å². The molecule has 2 aromatic rings. The summed E-state index contributed by atoms with van der Waals surface area (Å²) in [6.45, 7) is 2.30. The molecule has 122 valence electrons. The minimum Gasteiger partial charge on any atom is -0.487 e. The van der Waals surface area contributed by atoms with Crippen molar-refractivity contribution in [1.82, 2.24) is 0 Å². The van der Waals surface area contributed by atoms with Crippen molar-refractivity contribution in [3.05, 3.63) is 56.1 Å². The van der Waals surface area contributed by atoms with Crippen molar-refractivity contribution in [3.8, 4) is 11.5 Å². The van der Waals surface area contributed by atoms with E-state index in [1.165, 1.54) is 7.11 Å². The number of ether oxygens (including phenoxy) is 3. The Morgan fingerprint density at radius 3 is 2.65 bits per heavy atom. The monoisotopic (exact) mass is 446 g/mol. The Labute approximate surface area is 153 Å². The molecule has 0 saturated carbocycles. The fraction of sp³-hybridized carbons (Fsp3) is 0.235. The van der Waals surface area contributed by atoms with Crippen molar-refractivity contribution in [1.29, 1.82) is 0 Å². The van der Waals surface area contributed by atoms with Gasteiger partial charge in [0.15, 0.2) is 0 Å². The number of hydrogen-bond acceptors (Lipinski definition) is 4. The predicted octanol–water partition coefficient (Wildman–Crippen LogP) is 5.23. The molecule has 0 saturated heterocycles. The molecule has 0 aliphatic heterocycles. The van der Waals surface area contributed by atoms with Crippen LogP contribution in [0.3, 0.4) is 0 Å². The molecule has 0 unspecified atom stereocenters. The first-order valence-electron chi connectivity index (χ1n) is 6.99. The molecule has 0 aliphatic rings. The van der Waals surface area contributed by atoms with Gasteiger partial charge in [-0.15, -0.1) is 0 Å². The van der Waals surface area contributed by atoms with Crippen molar-refractivity contribution in [2.24, 2.45) is 0 Å². The van der Waals surface area contributed by atoms with Crippen LogP contribution in [-0.4, -0.2) is 13.3 Å². The van der Waals surface area contributed by atoms with Gasteiger partial charge in [-0.05, 0) is 58.8 Å². The van der Waals surface area contributed by atoms with Gasteiger partial charge in [0.25, 0.3) is 0 Å². The molecular weight excluding hydrogens is 431 g/mol. The normalized spacial score (nSPS) is 10.3. The summed E-state index contributed by atoms with van der Waals surface area (Å²) in [6, 6.07) is 11.1. The van der Waals surface area contributed by atoms with E-state index in [0.29, 0.717) is 16.5 Å². The standard InChI is InChI=1S/C17H16ClIO4/c1-3-11-7-8-16(13(18)9-11)22-10-12-14(19)5-4-6-15(12)23-17(20)21-2/h4-9H,3,10H2,1-2H3. The fourth-order valence-electron chi connectivity index (χ4n) is 1.94. The third-order valence-electron chi connectivity index (χ3n) is 3.21. The minimum atomic E-state index is -0.765. The maximum Gasteiger partial charge on any atom is 0.513 e. The smallest absolute Gasteiger partial charge is 0.487 e. The van der Waals surface area contributed by atoms with Crippen LogP contribution in [0.5, 0.6) is 11.5 Å². The molecule has 0 spiro atoms. The molecule has 0 fully saturated rings. The van der Waals surface area contributed by atoms with Gasteiger partial charge >= 0.3 is 6.16 Å². The van der Waals surface area contributed by atoms with E-state index >= 15 is 0 Å². The second-order valence-electron chi connectivity index (χ2n) is 4.68. The van der Waals surface area contributed by atoms with Crippen LogP contribution in [0.15, 0.2) is 36.4 Å². The molecule has 0 heterocycles. The van der Waals surface area contributed by atoms with Gasteiger partial charge in [-0.3, -0.25) is 0 Å². The van der Waals surface area contributed by atoms with E-state index in [4.69, 9.17) is 21.1 Å². The largest absolute Gasteiger partial charge is 0.513 e. The third kappa shape index (κ3) is 4.75. The van der Waals surface area contributed by atoms with Gasteiger partial charge in [-0.25, -0.2) is 4.79 Å². The lowest BCUT2D eigenvalue weighted by molar-refractivity contribution is 0.120. The predicted molar refractivity (Wildman–Crippen MR) is 97.4 cm³/mol. The van der Waals surface area contributed by atoms with Gasteiger partial charge in [0.1, 0.15) is 18.1 Å². The number of hydrogen-bond donors (Lipinski definition) is 0. The Morgan fingerprint density at radius 1 is 1.22 bits per heavy atom. The van der Waals surface area contributed by atoms with Crippen LogP contribution >= 0.6 is 34.2 Å². The first kappa shape index (κ1) is 17.9. The molecule has 0 aliphatic carbocycles. The Morgan fingerprint density at radius 2 is 2.00 bits per heavy atom. The van der Waals surface area contributed by atoms with E-state index in [-0.39, 0.29) is 6.61 Å². The number of methoxy groups -OCH3 is 1. The van der Waals surface area contributed by atoms with E-state index in [1.807, 2.05) is 24.3 Å². The Hall–Kier alpha value is -1.47. The number of rotatable bonds is 5. The summed E-state index contributed by atoms with van der Waals surface area (Å²) in [5.41, 5.74) is 1.90. The topological polar surface area (TPSA) is 44.8 Å². The van der Waals surface area contributed by atoms with Gasteiger partial charge in [0.05, 0.1) is 12.1 Å². The number of halogens is 2. The SMILES string of the molecule is CCc1ccc(OCc2c(I)cccc2OC(=O)OC)c(Cl)c1. The fourth-order valence-corrected chi connectivity index (χ4v) is 2.82. The average molecular weight is 447 g/mol. The highest BCUT2D eigenvalue weighted by molar-refractivity contribution is 14.1. The summed E-state index contributed by atoms with van der Waals surface area (Å²) in [5, 5.41) is 0.561. The number of benzene rings is 2. The summed E-state index contributed by atoms with van der Waals surface area (Å²) in [4.78, 5) is 11.3. The molecule has 0 radical (unpaired) electrons. The van der Waals surface area contributed by atoms with E-state index in [0.717, 1.165) is 21.1 Å². The summed E-state index contributed by atoms with van der Waals surface area (Å²) in [7, 11) is 1.27. The lowest BCUT2D eigenvalue weighted by atomic mass is 10.1. The maximum absolute atomic E-state index is 11.3.